The molecule has 0 aliphatic carbocycles. The Labute approximate surface area is 183 Å². The highest BCUT2D eigenvalue weighted by atomic mass is 35.5. The summed E-state index contributed by atoms with van der Waals surface area (Å²) in [5, 5.41) is 0. The normalized spacial score (nSPS) is 17.4. The maximum absolute atomic E-state index is 12.9. The van der Waals surface area contributed by atoms with Gasteiger partial charge in [0.2, 0.25) is 0 Å². The fourth-order valence-corrected chi connectivity index (χ4v) is 4.39. The Bertz CT molecular complexity index is 893. The van der Waals surface area contributed by atoms with Crippen LogP contribution >= 0.6 is 24.8 Å². The molecule has 0 bridgehead atoms. The van der Waals surface area contributed by atoms with Crippen LogP contribution in [0.2, 0.25) is 0 Å². The molecule has 10 heteroatoms. The van der Waals surface area contributed by atoms with E-state index in [2.05, 4.69) is 9.71 Å². The molecule has 0 spiro atoms. The van der Waals surface area contributed by atoms with Crippen LogP contribution in [0, 0.1) is 0 Å². The zero-order chi connectivity index (χ0) is 19.4. The van der Waals surface area contributed by atoms with Gasteiger partial charge in [0, 0.05) is 36.6 Å². The van der Waals surface area contributed by atoms with Crippen LogP contribution in [0.5, 0.6) is 0 Å². The van der Waals surface area contributed by atoms with E-state index in [1.165, 1.54) is 24.5 Å². The van der Waals surface area contributed by atoms with Crippen LogP contribution in [0.3, 0.4) is 0 Å². The van der Waals surface area contributed by atoms with Crippen molar-refractivity contribution >= 4 is 46.4 Å². The molecule has 2 unspecified atom stereocenters. The molecule has 1 amide bonds. The number of nitrogens with one attached hydrogen (secondary N) is 1. The third-order valence-electron chi connectivity index (χ3n) is 4.76. The summed E-state index contributed by atoms with van der Waals surface area (Å²) in [6.45, 7) is 2.59. The summed E-state index contributed by atoms with van der Waals surface area (Å²) in [4.78, 5) is 18.6. The topological polar surface area (TPSA) is 105 Å². The molecule has 160 valence electrons. The molecule has 1 fully saturated rings. The highest BCUT2D eigenvalue weighted by molar-refractivity contribution is 7.92. The van der Waals surface area contributed by atoms with Crippen molar-refractivity contribution in [2.24, 2.45) is 5.73 Å². The van der Waals surface area contributed by atoms with Crippen molar-refractivity contribution < 1.29 is 13.2 Å². The number of carbonyl (C=O) groups is 1. The molecular formula is C19H26Cl2N4O3S. The average molecular weight is 461 g/mol. The molecule has 7 nitrogen and oxygen atoms in total. The molecule has 2 atom stereocenters. The van der Waals surface area contributed by atoms with Gasteiger partial charge in [-0.2, -0.15) is 0 Å². The standard InChI is InChI=1S/C19H24N4O3S.2ClH/c1-14(20)18-4-2-3-13-23(18)19(24)15-5-7-17(8-6-15)27(25,26)22-16-9-11-21-12-10-16;;/h5-12,14,18H,2-4,13,20H2,1H3,(H,21,22);2*1H. The van der Waals surface area contributed by atoms with E-state index in [1.807, 2.05) is 11.8 Å². The number of nitrogens with zero attached hydrogens (tertiary/aromatic N) is 2. The summed E-state index contributed by atoms with van der Waals surface area (Å²) < 4.78 is 27.5. The molecule has 1 aromatic heterocycles. The molecule has 1 aliphatic heterocycles. The van der Waals surface area contributed by atoms with Crippen LogP contribution in [0.25, 0.3) is 0 Å². The number of benzene rings is 1. The highest BCUT2D eigenvalue weighted by Crippen LogP contribution is 2.22. The summed E-state index contributed by atoms with van der Waals surface area (Å²) >= 11 is 0. The average Bonchev–Trinajstić information content (AvgIpc) is 2.68. The van der Waals surface area contributed by atoms with Gasteiger partial charge in [0.05, 0.1) is 10.6 Å². The lowest BCUT2D eigenvalue weighted by atomic mass is 9.96. The Morgan fingerprint density at radius 3 is 2.34 bits per heavy atom. The van der Waals surface area contributed by atoms with E-state index in [0.717, 1.165) is 19.3 Å². The van der Waals surface area contributed by atoms with Crippen LogP contribution in [-0.4, -0.2) is 42.8 Å². The van der Waals surface area contributed by atoms with Crippen molar-refractivity contribution in [3.05, 3.63) is 54.4 Å². The second kappa shape index (κ2) is 10.8. The summed E-state index contributed by atoms with van der Waals surface area (Å²) in [7, 11) is -3.73. The van der Waals surface area contributed by atoms with Crippen LogP contribution < -0.4 is 10.5 Å². The minimum atomic E-state index is -3.73. The molecule has 3 N–H and O–H groups in total. The molecule has 2 aromatic rings. The van der Waals surface area contributed by atoms with E-state index in [9.17, 15) is 13.2 Å². The van der Waals surface area contributed by atoms with Gasteiger partial charge in [-0.3, -0.25) is 14.5 Å². The first kappa shape index (κ1) is 25.2. The fraction of sp³-hybridized carbons (Fsp3) is 0.368. The van der Waals surface area contributed by atoms with Crippen molar-refractivity contribution in [3.63, 3.8) is 0 Å². The lowest BCUT2D eigenvalue weighted by Crippen LogP contribution is -2.51. The fourth-order valence-electron chi connectivity index (χ4n) is 3.33. The minimum absolute atomic E-state index is 0. The van der Waals surface area contributed by atoms with Crippen molar-refractivity contribution in [1.29, 1.82) is 0 Å². The summed E-state index contributed by atoms with van der Waals surface area (Å²) in [5.41, 5.74) is 6.93. The lowest BCUT2D eigenvalue weighted by Gasteiger charge is -2.38. The highest BCUT2D eigenvalue weighted by Gasteiger charge is 2.30. The summed E-state index contributed by atoms with van der Waals surface area (Å²) in [6.07, 6.45) is 5.93. The Morgan fingerprint density at radius 1 is 1.14 bits per heavy atom. The van der Waals surface area contributed by atoms with Crippen molar-refractivity contribution in [3.8, 4) is 0 Å². The number of halogens is 2. The first-order valence-electron chi connectivity index (χ1n) is 8.98. The van der Waals surface area contributed by atoms with Crippen molar-refractivity contribution in [2.45, 2.75) is 43.2 Å². The lowest BCUT2D eigenvalue weighted by molar-refractivity contribution is 0.0583. The van der Waals surface area contributed by atoms with E-state index in [4.69, 9.17) is 5.73 Å². The van der Waals surface area contributed by atoms with Gasteiger partial charge < -0.3 is 10.6 Å². The van der Waals surface area contributed by atoms with E-state index in [0.29, 0.717) is 17.8 Å². The van der Waals surface area contributed by atoms with Gasteiger partial charge in [-0.1, -0.05) is 0 Å². The number of pyridine rings is 1. The van der Waals surface area contributed by atoms with E-state index < -0.39 is 10.0 Å². The molecule has 0 saturated carbocycles. The largest absolute Gasteiger partial charge is 0.334 e. The smallest absolute Gasteiger partial charge is 0.261 e. The van der Waals surface area contributed by atoms with Gasteiger partial charge in [-0.15, -0.1) is 24.8 Å². The molecule has 1 saturated heterocycles. The maximum Gasteiger partial charge on any atom is 0.261 e. The Hall–Kier alpha value is -1.87. The van der Waals surface area contributed by atoms with Gasteiger partial charge in [-0.05, 0) is 62.6 Å². The third kappa shape index (κ3) is 6.05. The van der Waals surface area contributed by atoms with Crippen LogP contribution in [-0.2, 0) is 10.0 Å². The monoisotopic (exact) mass is 460 g/mol. The molecular weight excluding hydrogens is 435 g/mol. The number of aromatic nitrogens is 1. The minimum Gasteiger partial charge on any atom is -0.334 e. The van der Waals surface area contributed by atoms with Gasteiger partial charge in [0.25, 0.3) is 15.9 Å². The van der Waals surface area contributed by atoms with Gasteiger partial charge in [0.15, 0.2) is 0 Å². The number of likely N-dealkylation sites (tertiary alicyclic amines) is 1. The van der Waals surface area contributed by atoms with Crippen molar-refractivity contribution in [1.82, 2.24) is 9.88 Å². The molecule has 1 aromatic carbocycles. The van der Waals surface area contributed by atoms with Gasteiger partial charge in [0.1, 0.15) is 0 Å². The number of sulfonamides is 1. The predicted octanol–water partition coefficient (Wildman–Crippen LogP) is 3.07. The molecule has 2 heterocycles. The van der Waals surface area contributed by atoms with E-state index >= 15 is 0 Å². The van der Waals surface area contributed by atoms with Gasteiger partial charge >= 0.3 is 0 Å². The van der Waals surface area contributed by atoms with Crippen molar-refractivity contribution in [2.75, 3.05) is 11.3 Å². The van der Waals surface area contributed by atoms with E-state index in [1.54, 1.807) is 24.3 Å². The Balaban J connectivity index is 0.00000210. The number of amides is 1. The predicted molar refractivity (Wildman–Crippen MR) is 118 cm³/mol. The first-order chi connectivity index (χ1) is 12.9. The Morgan fingerprint density at radius 2 is 1.76 bits per heavy atom. The summed E-state index contributed by atoms with van der Waals surface area (Å²) in [5.74, 6) is -0.108. The SMILES string of the molecule is CC(N)C1CCCCN1C(=O)c1ccc(S(=O)(=O)Nc2ccncc2)cc1.Cl.Cl. The summed E-state index contributed by atoms with van der Waals surface area (Å²) in [6, 6.07) is 9.05. The number of hydrogen-bond donors (Lipinski definition) is 2. The Kier molecular flexibility index (Phi) is 9.35. The second-order valence-electron chi connectivity index (χ2n) is 6.79. The maximum atomic E-state index is 12.9. The van der Waals surface area contributed by atoms with Crippen LogP contribution in [0.1, 0.15) is 36.5 Å². The molecule has 1 aliphatic rings. The van der Waals surface area contributed by atoms with Crippen LogP contribution in [0.4, 0.5) is 5.69 Å². The molecule has 3 rings (SSSR count). The number of carbonyl (C=O) groups excluding carboxylic acids is 1. The first-order valence-corrected chi connectivity index (χ1v) is 10.5. The number of hydrogen-bond acceptors (Lipinski definition) is 5. The second-order valence-corrected chi connectivity index (χ2v) is 8.47. The molecule has 0 radical (unpaired) electrons. The molecule has 29 heavy (non-hydrogen) atoms. The number of anilines is 1. The zero-order valence-corrected chi connectivity index (χ0v) is 18.5. The number of piperidine rings is 1. The third-order valence-corrected chi connectivity index (χ3v) is 6.16. The van der Waals surface area contributed by atoms with Gasteiger partial charge in [-0.25, -0.2) is 8.42 Å². The number of rotatable bonds is 5. The zero-order valence-electron chi connectivity index (χ0n) is 16.0. The quantitative estimate of drug-likeness (QED) is 0.712. The van der Waals surface area contributed by atoms with E-state index in [-0.39, 0.29) is 47.7 Å². The number of nitrogens with two attached hydrogens (primary N) is 1. The van der Waals surface area contributed by atoms with Crippen LogP contribution in [0.15, 0.2) is 53.7 Å².